The van der Waals surface area contributed by atoms with Gasteiger partial charge < -0.3 is 10.6 Å². The van der Waals surface area contributed by atoms with Crippen LogP contribution in [0.1, 0.15) is 35.7 Å². The first-order chi connectivity index (χ1) is 9.74. The van der Waals surface area contributed by atoms with Gasteiger partial charge >= 0.3 is 0 Å². The van der Waals surface area contributed by atoms with Crippen molar-refractivity contribution < 1.29 is 4.79 Å². The quantitative estimate of drug-likeness (QED) is 0.903. The van der Waals surface area contributed by atoms with Crippen LogP contribution < -0.4 is 10.6 Å². The van der Waals surface area contributed by atoms with Gasteiger partial charge in [-0.05, 0) is 30.0 Å². The predicted octanol–water partition coefficient (Wildman–Crippen LogP) is 3.52. The molecule has 1 aromatic heterocycles. The molecule has 0 bridgehead atoms. The van der Waals surface area contributed by atoms with Crippen LogP contribution >= 0.6 is 11.3 Å². The summed E-state index contributed by atoms with van der Waals surface area (Å²) in [6.45, 7) is 2.88. The maximum absolute atomic E-state index is 12.2. The van der Waals surface area contributed by atoms with Crippen LogP contribution in [-0.2, 0) is 4.79 Å². The monoisotopic (exact) mass is 286 g/mol. The number of carbonyl (C=O) groups is 1. The summed E-state index contributed by atoms with van der Waals surface area (Å²) in [5.74, 6) is 0.399. The number of hydrogen-bond acceptors (Lipinski definition) is 3. The summed E-state index contributed by atoms with van der Waals surface area (Å²) in [7, 11) is 0. The Labute approximate surface area is 123 Å². The van der Waals surface area contributed by atoms with Gasteiger partial charge in [0.2, 0.25) is 5.91 Å². The van der Waals surface area contributed by atoms with Crippen molar-refractivity contribution in [2.24, 2.45) is 0 Å². The lowest BCUT2D eigenvalue weighted by Crippen LogP contribution is -2.27. The zero-order valence-electron chi connectivity index (χ0n) is 11.4. The molecule has 1 unspecified atom stereocenters. The molecule has 0 saturated heterocycles. The first-order valence-corrected chi connectivity index (χ1v) is 7.77. The van der Waals surface area contributed by atoms with Gasteiger partial charge in [0.25, 0.3) is 0 Å². The first kappa shape index (κ1) is 13.2. The van der Waals surface area contributed by atoms with E-state index in [9.17, 15) is 4.79 Å². The lowest BCUT2D eigenvalue weighted by atomic mass is 9.97. The van der Waals surface area contributed by atoms with E-state index in [4.69, 9.17) is 0 Å². The lowest BCUT2D eigenvalue weighted by molar-refractivity contribution is -0.122. The Hall–Kier alpha value is -1.81. The van der Waals surface area contributed by atoms with Crippen LogP contribution in [0.2, 0.25) is 0 Å². The third kappa shape index (κ3) is 2.70. The zero-order chi connectivity index (χ0) is 13.9. The van der Waals surface area contributed by atoms with Crippen LogP contribution in [0, 0.1) is 0 Å². The van der Waals surface area contributed by atoms with Gasteiger partial charge in [-0.15, -0.1) is 11.3 Å². The van der Waals surface area contributed by atoms with Crippen LogP contribution in [0.25, 0.3) is 0 Å². The van der Waals surface area contributed by atoms with Crippen LogP contribution in [0.15, 0.2) is 41.8 Å². The molecule has 0 aliphatic carbocycles. The van der Waals surface area contributed by atoms with Gasteiger partial charge in [-0.25, -0.2) is 0 Å². The van der Waals surface area contributed by atoms with Crippen LogP contribution in [0.4, 0.5) is 5.69 Å². The van der Waals surface area contributed by atoms with Crippen molar-refractivity contribution in [3.8, 4) is 0 Å². The normalized spacial score (nSPS) is 18.1. The minimum atomic E-state index is 0.0899. The number of para-hydroxylation sites is 1. The number of fused-ring (bicyclic) bond motifs is 1. The van der Waals surface area contributed by atoms with Crippen molar-refractivity contribution >= 4 is 22.9 Å². The highest BCUT2D eigenvalue weighted by Gasteiger charge is 2.24. The fraction of sp³-hybridized carbons (Fsp3) is 0.312. The van der Waals surface area contributed by atoms with Crippen LogP contribution in [-0.4, -0.2) is 12.5 Å². The standard InChI is InChI=1S/C16H18N2OS/c1-11(15-7-4-8-20-15)18-16(19)9-12-10-17-14-6-3-2-5-13(12)14/h2-8,11-12,17H,9-10H2,1H3,(H,18,19)/t11-,12?/m1/s1. The Morgan fingerprint density at radius 2 is 2.25 bits per heavy atom. The van der Waals surface area contributed by atoms with E-state index in [1.807, 2.05) is 30.5 Å². The summed E-state index contributed by atoms with van der Waals surface area (Å²) in [4.78, 5) is 13.4. The Morgan fingerprint density at radius 1 is 1.40 bits per heavy atom. The molecule has 3 rings (SSSR count). The minimum Gasteiger partial charge on any atom is -0.384 e. The molecule has 0 fully saturated rings. The Kier molecular flexibility index (Phi) is 3.74. The molecule has 1 aliphatic heterocycles. The van der Waals surface area contributed by atoms with Crippen molar-refractivity contribution in [2.45, 2.75) is 25.3 Å². The molecule has 2 aromatic rings. The molecule has 0 spiro atoms. The van der Waals surface area contributed by atoms with E-state index >= 15 is 0 Å². The number of rotatable bonds is 4. The molecule has 2 heterocycles. The molecule has 1 amide bonds. The molecule has 3 nitrogen and oxygen atoms in total. The third-order valence-corrected chi connectivity index (χ3v) is 4.77. The smallest absolute Gasteiger partial charge is 0.221 e. The summed E-state index contributed by atoms with van der Waals surface area (Å²) in [6.07, 6.45) is 0.541. The fourth-order valence-corrected chi connectivity index (χ4v) is 3.41. The predicted molar refractivity (Wildman–Crippen MR) is 83.2 cm³/mol. The molecular formula is C16H18N2OS. The van der Waals surface area contributed by atoms with E-state index < -0.39 is 0 Å². The van der Waals surface area contributed by atoms with Crippen molar-refractivity contribution in [3.63, 3.8) is 0 Å². The topological polar surface area (TPSA) is 41.1 Å². The van der Waals surface area contributed by atoms with E-state index in [-0.39, 0.29) is 17.9 Å². The number of carbonyl (C=O) groups excluding carboxylic acids is 1. The van der Waals surface area contributed by atoms with Crippen molar-refractivity contribution in [1.29, 1.82) is 0 Å². The maximum Gasteiger partial charge on any atom is 0.221 e. The van der Waals surface area contributed by atoms with E-state index in [1.165, 1.54) is 10.4 Å². The van der Waals surface area contributed by atoms with Crippen molar-refractivity contribution in [1.82, 2.24) is 5.32 Å². The van der Waals surface area contributed by atoms with Gasteiger partial charge in [0.1, 0.15) is 0 Å². The Balaban J connectivity index is 1.60. The summed E-state index contributed by atoms with van der Waals surface area (Å²) >= 11 is 1.68. The highest BCUT2D eigenvalue weighted by Crippen LogP contribution is 2.33. The highest BCUT2D eigenvalue weighted by molar-refractivity contribution is 7.10. The second-order valence-corrected chi connectivity index (χ2v) is 6.15. The van der Waals surface area contributed by atoms with Crippen molar-refractivity contribution in [3.05, 3.63) is 52.2 Å². The molecule has 104 valence electrons. The number of amides is 1. The third-order valence-electron chi connectivity index (χ3n) is 3.72. The highest BCUT2D eigenvalue weighted by atomic mass is 32.1. The zero-order valence-corrected chi connectivity index (χ0v) is 12.2. The SMILES string of the molecule is C[C@@H](NC(=O)CC1CNc2ccccc21)c1cccs1. The van der Waals surface area contributed by atoms with E-state index in [1.54, 1.807) is 11.3 Å². The Bertz CT molecular complexity index is 594. The van der Waals surface area contributed by atoms with Gasteiger partial charge in [0.15, 0.2) is 0 Å². The van der Waals surface area contributed by atoms with E-state index in [0.717, 1.165) is 12.2 Å². The summed E-state index contributed by atoms with van der Waals surface area (Å²) in [5.41, 5.74) is 2.42. The number of benzene rings is 1. The van der Waals surface area contributed by atoms with Crippen molar-refractivity contribution in [2.75, 3.05) is 11.9 Å². The van der Waals surface area contributed by atoms with Gasteiger partial charge in [0, 0.05) is 29.4 Å². The molecule has 2 N–H and O–H groups in total. The van der Waals surface area contributed by atoms with Gasteiger partial charge in [0.05, 0.1) is 6.04 Å². The lowest BCUT2D eigenvalue weighted by Gasteiger charge is -2.15. The number of hydrogen-bond donors (Lipinski definition) is 2. The van der Waals surface area contributed by atoms with Gasteiger partial charge in [-0.2, -0.15) is 0 Å². The largest absolute Gasteiger partial charge is 0.384 e. The fourth-order valence-electron chi connectivity index (χ4n) is 2.67. The number of anilines is 1. The molecule has 1 aliphatic rings. The van der Waals surface area contributed by atoms with Crippen LogP contribution in [0.3, 0.4) is 0 Å². The number of nitrogens with one attached hydrogen (secondary N) is 2. The first-order valence-electron chi connectivity index (χ1n) is 6.89. The van der Waals surface area contributed by atoms with E-state index in [0.29, 0.717) is 6.42 Å². The average molecular weight is 286 g/mol. The summed E-state index contributed by atoms with van der Waals surface area (Å²) in [5, 5.41) is 8.48. The van der Waals surface area contributed by atoms with Crippen LogP contribution in [0.5, 0.6) is 0 Å². The molecular weight excluding hydrogens is 268 g/mol. The Morgan fingerprint density at radius 3 is 3.05 bits per heavy atom. The maximum atomic E-state index is 12.2. The molecule has 0 radical (unpaired) electrons. The summed E-state index contributed by atoms with van der Waals surface area (Å²) in [6, 6.07) is 12.4. The van der Waals surface area contributed by atoms with Gasteiger partial charge in [-0.3, -0.25) is 4.79 Å². The molecule has 4 heteroatoms. The number of thiophene rings is 1. The summed E-state index contributed by atoms with van der Waals surface area (Å²) < 4.78 is 0. The second kappa shape index (κ2) is 5.67. The molecule has 2 atom stereocenters. The van der Waals surface area contributed by atoms with Gasteiger partial charge in [-0.1, -0.05) is 24.3 Å². The van der Waals surface area contributed by atoms with E-state index in [2.05, 4.69) is 28.8 Å². The molecule has 1 aromatic carbocycles. The second-order valence-electron chi connectivity index (χ2n) is 5.17. The average Bonchev–Trinajstić information content (AvgIpc) is 3.09. The molecule has 0 saturated carbocycles. The minimum absolute atomic E-state index is 0.0899. The molecule has 20 heavy (non-hydrogen) atoms.